The first-order chi connectivity index (χ1) is 5.61. The number of hydrogen-bond donors (Lipinski definition) is 1. The van der Waals surface area contributed by atoms with Crippen LogP contribution in [0.1, 0.15) is 33.1 Å². The Hall–Kier alpha value is -0.0800. The van der Waals surface area contributed by atoms with E-state index in [-0.39, 0.29) is 6.10 Å². The van der Waals surface area contributed by atoms with E-state index in [1.165, 1.54) is 12.8 Å². The Kier molecular flexibility index (Phi) is 3.53. The molecule has 1 aliphatic rings. The van der Waals surface area contributed by atoms with Crippen LogP contribution in [0.15, 0.2) is 0 Å². The molecule has 1 saturated carbocycles. The van der Waals surface area contributed by atoms with E-state index in [1.54, 1.807) is 0 Å². The lowest BCUT2D eigenvalue weighted by molar-refractivity contribution is 0.0801. The second kappa shape index (κ2) is 4.24. The van der Waals surface area contributed by atoms with Crippen molar-refractivity contribution in [3.63, 3.8) is 0 Å². The standard InChI is InChI=1S/C10H21NO/c1-8(2)7-11(3)9-5-4-6-10(9)12/h8-10,12H,4-7H2,1-3H3. The average molecular weight is 171 g/mol. The third-order valence-electron chi connectivity index (χ3n) is 2.66. The van der Waals surface area contributed by atoms with Crippen LogP contribution in [-0.4, -0.2) is 35.7 Å². The van der Waals surface area contributed by atoms with Gasteiger partial charge in [0.1, 0.15) is 0 Å². The van der Waals surface area contributed by atoms with E-state index in [9.17, 15) is 5.11 Å². The van der Waals surface area contributed by atoms with Crippen LogP contribution in [0.25, 0.3) is 0 Å². The van der Waals surface area contributed by atoms with Gasteiger partial charge in [-0.1, -0.05) is 13.8 Å². The van der Waals surface area contributed by atoms with E-state index < -0.39 is 0 Å². The van der Waals surface area contributed by atoms with Crippen molar-refractivity contribution in [2.24, 2.45) is 5.92 Å². The summed E-state index contributed by atoms with van der Waals surface area (Å²) in [4.78, 5) is 2.31. The highest BCUT2D eigenvalue weighted by atomic mass is 16.3. The minimum absolute atomic E-state index is 0.0752. The van der Waals surface area contributed by atoms with Gasteiger partial charge in [-0.25, -0.2) is 0 Å². The minimum Gasteiger partial charge on any atom is -0.391 e. The average Bonchev–Trinajstić information content (AvgIpc) is 2.33. The lowest BCUT2D eigenvalue weighted by Crippen LogP contribution is -2.39. The Labute approximate surface area is 75.6 Å². The van der Waals surface area contributed by atoms with Crippen molar-refractivity contribution in [3.05, 3.63) is 0 Å². The molecule has 1 aliphatic carbocycles. The van der Waals surface area contributed by atoms with Gasteiger partial charge in [-0.05, 0) is 32.2 Å². The number of nitrogens with zero attached hydrogens (tertiary/aromatic N) is 1. The SMILES string of the molecule is CC(C)CN(C)C1CCCC1O. The molecule has 2 heteroatoms. The number of aliphatic hydroxyl groups is 1. The zero-order valence-electron chi connectivity index (χ0n) is 8.45. The van der Waals surface area contributed by atoms with Gasteiger partial charge in [0.15, 0.2) is 0 Å². The summed E-state index contributed by atoms with van der Waals surface area (Å²) in [5, 5.41) is 9.63. The van der Waals surface area contributed by atoms with Crippen LogP contribution in [0.5, 0.6) is 0 Å². The van der Waals surface area contributed by atoms with Gasteiger partial charge in [-0.15, -0.1) is 0 Å². The molecule has 0 aliphatic heterocycles. The van der Waals surface area contributed by atoms with E-state index in [0.29, 0.717) is 12.0 Å². The van der Waals surface area contributed by atoms with Crippen LogP contribution >= 0.6 is 0 Å². The highest BCUT2D eigenvalue weighted by Gasteiger charge is 2.28. The highest BCUT2D eigenvalue weighted by molar-refractivity contribution is 4.83. The van der Waals surface area contributed by atoms with Gasteiger partial charge in [0.2, 0.25) is 0 Å². The topological polar surface area (TPSA) is 23.5 Å². The van der Waals surface area contributed by atoms with Crippen molar-refractivity contribution in [1.82, 2.24) is 4.90 Å². The van der Waals surface area contributed by atoms with E-state index in [4.69, 9.17) is 0 Å². The molecule has 0 aromatic rings. The Morgan fingerprint density at radius 1 is 1.42 bits per heavy atom. The molecule has 0 aromatic carbocycles. The zero-order chi connectivity index (χ0) is 9.14. The summed E-state index contributed by atoms with van der Waals surface area (Å²) in [6, 6.07) is 0.424. The van der Waals surface area contributed by atoms with Gasteiger partial charge < -0.3 is 10.0 Å². The summed E-state index contributed by atoms with van der Waals surface area (Å²) in [5.41, 5.74) is 0. The van der Waals surface area contributed by atoms with Crippen molar-refractivity contribution < 1.29 is 5.11 Å². The Morgan fingerprint density at radius 2 is 2.08 bits per heavy atom. The number of likely N-dealkylation sites (N-methyl/N-ethyl adjacent to an activating group) is 1. The van der Waals surface area contributed by atoms with Crippen molar-refractivity contribution in [1.29, 1.82) is 0 Å². The van der Waals surface area contributed by atoms with Gasteiger partial charge in [0.25, 0.3) is 0 Å². The van der Waals surface area contributed by atoms with E-state index in [0.717, 1.165) is 13.0 Å². The number of rotatable bonds is 3. The summed E-state index contributed by atoms with van der Waals surface area (Å²) >= 11 is 0. The van der Waals surface area contributed by atoms with E-state index in [1.807, 2.05) is 0 Å². The Balaban J connectivity index is 2.35. The van der Waals surface area contributed by atoms with Crippen LogP contribution < -0.4 is 0 Å². The maximum absolute atomic E-state index is 9.63. The molecule has 1 rings (SSSR count). The molecule has 2 unspecified atom stereocenters. The van der Waals surface area contributed by atoms with Crippen molar-refractivity contribution in [3.8, 4) is 0 Å². The van der Waals surface area contributed by atoms with Crippen molar-refractivity contribution in [2.45, 2.75) is 45.3 Å². The fraction of sp³-hybridized carbons (Fsp3) is 1.00. The normalized spacial score (nSPS) is 30.5. The van der Waals surface area contributed by atoms with Gasteiger partial charge >= 0.3 is 0 Å². The summed E-state index contributed by atoms with van der Waals surface area (Å²) in [5.74, 6) is 0.697. The number of hydrogen-bond acceptors (Lipinski definition) is 2. The predicted molar refractivity (Wildman–Crippen MR) is 51.1 cm³/mol. The summed E-state index contributed by atoms with van der Waals surface area (Å²) < 4.78 is 0. The van der Waals surface area contributed by atoms with Gasteiger partial charge in [-0.3, -0.25) is 0 Å². The maximum Gasteiger partial charge on any atom is 0.0695 e. The first kappa shape index (κ1) is 10.0. The molecule has 12 heavy (non-hydrogen) atoms. The summed E-state index contributed by atoms with van der Waals surface area (Å²) in [6.07, 6.45) is 3.28. The first-order valence-corrected chi connectivity index (χ1v) is 4.99. The zero-order valence-corrected chi connectivity index (χ0v) is 8.45. The van der Waals surface area contributed by atoms with Gasteiger partial charge in [0, 0.05) is 12.6 Å². The second-order valence-electron chi connectivity index (χ2n) is 4.40. The third kappa shape index (κ3) is 2.46. The van der Waals surface area contributed by atoms with Crippen LogP contribution in [0.4, 0.5) is 0 Å². The Morgan fingerprint density at radius 3 is 2.50 bits per heavy atom. The molecule has 0 spiro atoms. The molecule has 0 radical (unpaired) electrons. The fourth-order valence-corrected chi connectivity index (χ4v) is 2.15. The molecule has 1 N–H and O–H groups in total. The molecule has 2 nitrogen and oxygen atoms in total. The molecule has 0 saturated heterocycles. The molecule has 1 fully saturated rings. The molecule has 0 bridgehead atoms. The molecule has 0 amide bonds. The van der Waals surface area contributed by atoms with Crippen LogP contribution in [0, 0.1) is 5.92 Å². The lowest BCUT2D eigenvalue weighted by atomic mass is 10.1. The monoisotopic (exact) mass is 171 g/mol. The van der Waals surface area contributed by atoms with Crippen molar-refractivity contribution >= 4 is 0 Å². The van der Waals surface area contributed by atoms with Crippen molar-refractivity contribution in [2.75, 3.05) is 13.6 Å². The van der Waals surface area contributed by atoms with Gasteiger partial charge in [0.05, 0.1) is 6.10 Å². The second-order valence-corrected chi connectivity index (χ2v) is 4.40. The molecule has 0 aromatic heterocycles. The quantitative estimate of drug-likeness (QED) is 0.695. The minimum atomic E-state index is -0.0752. The van der Waals surface area contributed by atoms with E-state index >= 15 is 0 Å². The highest BCUT2D eigenvalue weighted by Crippen LogP contribution is 2.23. The smallest absolute Gasteiger partial charge is 0.0695 e. The third-order valence-corrected chi connectivity index (χ3v) is 2.66. The van der Waals surface area contributed by atoms with Crippen LogP contribution in [0.3, 0.4) is 0 Å². The molecule has 0 heterocycles. The molecular formula is C10H21NO. The van der Waals surface area contributed by atoms with Crippen LogP contribution in [-0.2, 0) is 0 Å². The first-order valence-electron chi connectivity index (χ1n) is 4.99. The summed E-state index contributed by atoms with van der Waals surface area (Å²) in [7, 11) is 2.12. The summed E-state index contributed by atoms with van der Waals surface area (Å²) in [6.45, 7) is 5.54. The van der Waals surface area contributed by atoms with E-state index in [2.05, 4.69) is 25.8 Å². The molecular weight excluding hydrogens is 150 g/mol. The fourth-order valence-electron chi connectivity index (χ4n) is 2.15. The maximum atomic E-state index is 9.63. The van der Waals surface area contributed by atoms with Gasteiger partial charge in [-0.2, -0.15) is 0 Å². The molecule has 2 atom stereocenters. The van der Waals surface area contributed by atoms with Crippen LogP contribution in [0.2, 0.25) is 0 Å². The number of aliphatic hydroxyl groups excluding tert-OH is 1. The molecule has 72 valence electrons. The predicted octanol–water partition coefficient (Wildman–Crippen LogP) is 1.49. The largest absolute Gasteiger partial charge is 0.391 e. The Bertz CT molecular complexity index is 136. The lowest BCUT2D eigenvalue weighted by Gasteiger charge is -2.28.